The number of anilines is 1. The summed E-state index contributed by atoms with van der Waals surface area (Å²) in [5.74, 6) is 0.673. The second-order valence-corrected chi connectivity index (χ2v) is 4.02. The lowest BCUT2D eigenvalue weighted by Gasteiger charge is -2.32. The van der Waals surface area contributed by atoms with Crippen molar-refractivity contribution >= 4 is 5.82 Å². The topological polar surface area (TPSA) is 73.5 Å². The van der Waals surface area contributed by atoms with Gasteiger partial charge in [-0.3, -0.25) is 10.2 Å². The van der Waals surface area contributed by atoms with Crippen LogP contribution < -0.4 is 15.7 Å². The molecule has 0 spiro atoms. The van der Waals surface area contributed by atoms with Gasteiger partial charge in [-0.05, 0) is 7.05 Å². The van der Waals surface area contributed by atoms with Gasteiger partial charge < -0.3 is 14.6 Å². The van der Waals surface area contributed by atoms with Crippen molar-refractivity contribution in [2.45, 2.75) is 0 Å². The summed E-state index contributed by atoms with van der Waals surface area (Å²) in [6.45, 7) is 3.74. The zero-order chi connectivity index (χ0) is 12.3. The smallest absolute Gasteiger partial charge is 0.295 e. The first-order valence-corrected chi connectivity index (χ1v) is 5.52. The van der Waals surface area contributed by atoms with Crippen LogP contribution in [0.25, 0.3) is 0 Å². The Morgan fingerprint density at radius 1 is 1.41 bits per heavy atom. The lowest BCUT2D eigenvalue weighted by atomic mass is 10.4. The molecule has 1 aliphatic rings. The van der Waals surface area contributed by atoms with Crippen LogP contribution in [0.4, 0.5) is 5.82 Å². The van der Waals surface area contributed by atoms with Crippen molar-refractivity contribution in [3.8, 4) is 5.75 Å². The molecule has 0 aliphatic carbocycles. The van der Waals surface area contributed by atoms with E-state index in [1.54, 1.807) is 0 Å². The molecule has 7 heteroatoms. The van der Waals surface area contributed by atoms with Gasteiger partial charge in [-0.25, -0.2) is 9.99 Å². The summed E-state index contributed by atoms with van der Waals surface area (Å²) < 4.78 is 5.03. The normalized spacial score (nSPS) is 18.0. The van der Waals surface area contributed by atoms with Gasteiger partial charge in [0.05, 0.1) is 13.4 Å². The quantitative estimate of drug-likeness (QED) is 0.730. The van der Waals surface area contributed by atoms with Crippen LogP contribution in [0.1, 0.15) is 0 Å². The van der Waals surface area contributed by atoms with Crippen LogP contribution in [0.15, 0.2) is 11.1 Å². The lowest BCUT2D eigenvalue weighted by molar-refractivity contribution is 0.178. The van der Waals surface area contributed by atoms with Crippen molar-refractivity contribution < 1.29 is 4.74 Å². The van der Waals surface area contributed by atoms with E-state index in [1.165, 1.54) is 13.4 Å². The highest BCUT2D eigenvalue weighted by molar-refractivity contribution is 5.46. The molecule has 2 heterocycles. The lowest BCUT2D eigenvalue weighted by Crippen LogP contribution is -2.47. The van der Waals surface area contributed by atoms with Crippen LogP contribution in [-0.2, 0) is 0 Å². The van der Waals surface area contributed by atoms with E-state index in [0.29, 0.717) is 5.82 Å². The standard InChI is InChI=1S/C10H17N5O2/c1-14-3-5-15(6-4-14)13-9-8(17-2)10(16)12-7-11-9/h7H,3-6H2,1-2H3,(H2,11,12,13,16). The minimum atomic E-state index is -0.279. The number of aromatic nitrogens is 2. The second kappa shape index (κ2) is 5.15. The average molecular weight is 239 g/mol. The molecule has 0 atom stereocenters. The Hall–Kier alpha value is -1.60. The van der Waals surface area contributed by atoms with Crippen LogP contribution in [0.5, 0.6) is 5.75 Å². The highest BCUT2D eigenvalue weighted by Gasteiger charge is 2.16. The molecular formula is C10H17N5O2. The Balaban J connectivity index is 2.08. The Labute approximate surface area is 99.4 Å². The predicted molar refractivity (Wildman–Crippen MR) is 64.1 cm³/mol. The Bertz CT molecular complexity index is 425. The summed E-state index contributed by atoms with van der Waals surface area (Å²) in [4.78, 5) is 20.3. The van der Waals surface area contributed by atoms with Crippen molar-refractivity contribution in [3.63, 3.8) is 0 Å². The number of nitrogens with zero attached hydrogens (tertiary/aromatic N) is 3. The van der Waals surface area contributed by atoms with Crippen LogP contribution in [0.3, 0.4) is 0 Å². The van der Waals surface area contributed by atoms with Crippen molar-refractivity contribution in [1.29, 1.82) is 0 Å². The van der Waals surface area contributed by atoms with Gasteiger partial charge in [-0.1, -0.05) is 0 Å². The molecule has 0 amide bonds. The summed E-state index contributed by atoms with van der Waals surface area (Å²) in [7, 11) is 3.55. The van der Waals surface area contributed by atoms with Gasteiger partial charge in [0.1, 0.15) is 0 Å². The summed E-state index contributed by atoms with van der Waals surface area (Å²) >= 11 is 0. The third-order valence-electron chi connectivity index (χ3n) is 2.78. The van der Waals surface area contributed by atoms with Gasteiger partial charge in [0.2, 0.25) is 5.75 Å². The number of hydrogen-bond donors (Lipinski definition) is 2. The van der Waals surface area contributed by atoms with E-state index in [-0.39, 0.29) is 11.3 Å². The van der Waals surface area contributed by atoms with Crippen molar-refractivity contribution in [3.05, 3.63) is 16.7 Å². The first-order valence-electron chi connectivity index (χ1n) is 5.52. The van der Waals surface area contributed by atoms with Crippen molar-refractivity contribution in [2.75, 3.05) is 45.8 Å². The predicted octanol–water partition coefficient (Wildman–Crippen LogP) is -0.647. The van der Waals surface area contributed by atoms with E-state index >= 15 is 0 Å². The number of hydrogen-bond acceptors (Lipinski definition) is 6. The summed E-state index contributed by atoms with van der Waals surface area (Å²) in [5.41, 5.74) is 2.83. The number of rotatable bonds is 3. The Morgan fingerprint density at radius 2 is 2.12 bits per heavy atom. The molecule has 2 rings (SSSR count). The number of piperazine rings is 1. The molecule has 1 fully saturated rings. The molecule has 1 aromatic heterocycles. The van der Waals surface area contributed by atoms with Gasteiger partial charge in [-0.2, -0.15) is 0 Å². The van der Waals surface area contributed by atoms with Crippen molar-refractivity contribution in [2.24, 2.45) is 0 Å². The average Bonchev–Trinajstić information content (AvgIpc) is 2.32. The molecule has 0 bridgehead atoms. The zero-order valence-electron chi connectivity index (χ0n) is 10.1. The Kier molecular flexibility index (Phi) is 3.60. The zero-order valence-corrected chi connectivity index (χ0v) is 10.1. The van der Waals surface area contributed by atoms with Gasteiger partial charge in [0, 0.05) is 26.2 Å². The molecule has 0 unspecified atom stereocenters. The monoisotopic (exact) mass is 239 g/mol. The maximum absolute atomic E-state index is 11.5. The van der Waals surface area contributed by atoms with Gasteiger partial charge >= 0.3 is 0 Å². The van der Waals surface area contributed by atoms with Crippen LogP contribution in [0.2, 0.25) is 0 Å². The van der Waals surface area contributed by atoms with Crippen molar-refractivity contribution in [1.82, 2.24) is 19.9 Å². The second-order valence-electron chi connectivity index (χ2n) is 4.02. The number of ether oxygens (including phenoxy) is 1. The third-order valence-corrected chi connectivity index (χ3v) is 2.78. The molecule has 1 aromatic rings. The first-order chi connectivity index (χ1) is 8.20. The molecule has 94 valence electrons. The van der Waals surface area contributed by atoms with Crippen LogP contribution in [-0.4, -0.2) is 60.2 Å². The van der Waals surface area contributed by atoms with Gasteiger partial charge in [-0.15, -0.1) is 0 Å². The summed E-state index contributed by atoms with van der Waals surface area (Å²) in [6.07, 6.45) is 1.36. The number of H-pyrrole nitrogens is 1. The third kappa shape index (κ3) is 2.75. The number of aromatic amines is 1. The molecule has 17 heavy (non-hydrogen) atoms. The molecule has 7 nitrogen and oxygen atoms in total. The molecule has 1 saturated heterocycles. The number of hydrazine groups is 1. The summed E-state index contributed by atoms with van der Waals surface area (Å²) in [5, 5.41) is 2.03. The van der Waals surface area contributed by atoms with E-state index in [0.717, 1.165) is 26.2 Å². The largest absolute Gasteiger partial charge is 0.488 e. The molecule has 0 saturated carbocycles. The maximum Gasteiger partial charge on any atom is 0.295 e. The molecular weight excluding hydrogens is 222 g/mol. The fourth-order valence-corrected chi connectivity index (χ4v) is 1.72. The van der Waals surface area contributed by atoms with Gasteiger partial charge in [0.25, 0.3) is 5.56 Å². The molecule has 2 N–H and O–H groups in total. The van der Waals surface area contributed by atoms with Crippen LogP contribution in [0, 0.1) is 0 Å². The number of methoxy groups -OCH3 is 1. The highest BCUT2D eigenvalue weighted by atomic mass is 16.5. The molecule has 1 aliphatic heterocycles. The first kappa shape index (κ1) is 11.9. The molecule has 0 radical (unpaired) electrons. The fourth-order valence-electron chi connectivity index (χ4n) is 1.72. The number of likely N-dealkylation sites (N-methyl/N-ethyl adjacent to an activating group) is 1. The minimum absolute atomic E-state index is 0.214. The van der Waals surface area contributed by atoms with E-state index < -0.39 is 0 Å². The van der Waals surface area contributed by atoms with E-state index in [9.17, 15) is 4.79 Å². The molecule has 0 aromatic carbocycles. The number of nitrogens with one attached hydrogen (secondary N) is 2. The van der Waals surface area contributed by atoms with E-state index in [2.05, 4.69) is 27.3 Å². The summed E-state index contributed by atoms with van der Waals surface area (Å²) in [6, 6.07) is 0. The van der Waals surface area contributed by atoms with Gasteiger partial charge in [0.15, 0.2) is 5.82 Å². The Morgan fingerprint density at radius 3 is 2.76 bits per heavy atom. The minimum Gasteiger partial charge on any atom is -0.488 e. The SMILES string of the molecule is COc1c(NN2CCN(C)CC2)nc[nH]c1=O. The van der Waals surface area contributed by atoms with E-state index in [4.69, 9.17) is 4.74 Å². The van der Waals surface area contributed by atoms with Crippen LogP contribution >= 0.6 is 0 Å². The maximum atomic E-state index is 11.5. The fraction of sp³-hybridized carbons (Fsp3) is 0.600. The van der Waals surface area contributed by atoms with E-state index in [1.807, 2.05) is 5.01 Å². The highest BCUT2D eigenvalue weighted by Crippen LogP contribution is 2.15.